The molecule has 2 unspecified atom stereocenters. The predicted molar refractivity (Wildman–Crippen MR) is 73.3 cm³/mol. The van der Waals surface area contributed by atoms with Gasteiger partial charge in [-0.3, -0.25) is 0 Å². The second kappa shape index (κ2) is 5.85. The van der Waals surface area contributed by atoms with Crippen molar-refractivity contribution in [3.63, 3.8) is 0 Å². The maximum atomic E-state index is 12.5. The van der Waals surface area contributed by atoms with Crippen molar-refractivity contribution in [1.82, 2.24) is 5.32 Å². The van der Waals surface area contributed by atoms with Crippen molar-refractivity contribution in [2.24, 2.45) is 0 Å². The summed E-state index contributed by atoms with van der Waals surface area (Å²) in [4.78, 5) is 0.465. The molecule has 0 heterocycles. The zero-order valence-electron chi connectivity index (χ0n) is 10.8. The molecule has 1 saturated carbocycles. The van der Waals surface area contributed by atoms with Crippen LogP contribution in [0.1, 0.15) is 32.6 Å². The number of nitrogens with one attached hydrogen (secondary N) is 1. The molecule has 1 aliphatic rings. The van der Waals surface area contributed by atoms with Crippen molar-refractivity contribution < 1.29 is 8.42 Å². The lowest BCUT2D eigenvalue weighted by atomic mass is 9.95. The van der Waals surface area contributed by atoms with Crippen LogP contribution in [0.15, 0.2) is 35.2 Å². The van der Waals surface area contributed by atoms with Gasteiger partial charge in [0.1, 0.15) is 0 Å². The summed E-state index contributed by atoms with van der Waals surface area (Å²) >= 11 is 0. The first-order valence-electron chi connectivity index (χ1n) is 6.67. The van der Waals surface area contributed by atoms with Crippen LogP contribution in [-0.4, -0.2) is 26.3 Å². The number of benzene rings is 1. The van der Waals surface area contributed by atoms with E-state index in [0.29, 0.717) is 10.9 Å². The van der Waals surface area contributed by atoms with Crippen LogP contribution in [0.4, 0.5) is 0 Å². The summed E-state index contributed by atoms with van der Waals surface area (Å²) in [7, 11) is -3.15. The summed E-state index contributed by atoms with van der Waals surface area (Å²) in [5.41, 5.74) is 0. The number of sulfone groups is 1. The molecule has 0 amide bonds. The smallest absolute Gasteiger partial charge is 0.181 e. The molecule has 1 fully saturated rings. The van der Waals surface area contributed by atoms with Gasteiger partial charge in [-0.15, -0.1) is 0 Å². The van der Waals surface area contributed by atoms with Gasteiger partial charge < -0.3 is 5.32 Å². The molecule has 4 heteroatoms. The third kappa shape index (κ3) is 2.93. The van der Waals surface area contributed by atoms with Crippen LogP contribution >= 0.6 is 0 Å². The standard InChI is InChI=1S/C14H21NO2S/c1-2-15-12-7-6-10-14(11-12)18(16,17)13-8-4-3-5-9-13/h3-5,8-9,12,14-15H,2,6-7,10-11H2,1H3. The van der Waals surface area contributed by atoms with Crippen LogP contribution in [0, 0.1) is 0 Å². The Labute approximate surface area is 110 Å². The van der Waals surface area contributed by atoms with Crippen molar-refractivity contribution in [3.05, 3.63) is 30.3 Å². The largest absolute Gasteiger partial charge is 0.314 e. The zero-order chi connectivity index (χ0) is 13.0. The molecule has 100 valence electrons. The second-order valence-corrected chi connectivity index (χ2v) is 7.13. The Kier molecular flexibility index (Phi) is 4.40. The number of rotatable bonds is 4. The van der Waals surface area contributed by atoms with Crippen molar-refractivity contribution in [2.45, 2.75) is 48.8 Å². The molecule has 2 rings (SSSR count). The van der Waals surface area contributed by atoms with E-state index in [1.165, 1.54) is 0 Å². The lowest BCUT2D eigenvalue weighted by Crippen LogP contribution is -2.38. The summed E-state index contributed by atoms with van der Waals surface area (Å²) in [5.74, 6) is 0. The maximum Gasteiger partial charge on any atom is 0.181 e. The van der Waals surface area contributed by atoms with Crippen molar-refractivity contribution >= 4 is 9.84 Å². The number of hydrogen-bond acceptors (Lipinski definition) is 3. The maximum absolute atomic E-state index is 12.5. The van der Waals surface area contributed by atoms with Gasteiger partial charge in [0.05, 0.1) is 10.1 Å². The fourth-order valence-electron chi connectivity index (χ4n) is 2.70. The Balaban J connectivity index is 2.15. The highest BCUT2D eigenvalue weighted by atomic mass is 32.2. The number of hydrogen-bond donors (Lipinski definition) is 1. The van der Waals surface area contributed by atoms with Gasteiger partial charge in [0.2, 0.25) is 0 Å². The normalized spacial score (nSPS) is 24.9. The lowest BCUT2D eigenvalue weighted by Gasteiger charge is -2.29. The van der Waals surface area contributed by atoms with Crippen LogP contribution < -0.4 is 5.32 Å². The molecule has 2 atom stereocenters. The minimum absolute atomic E-state index is 0.224. The second-order valence-electron chi connectivity index (χ2n) is 4.90. The highest BCUT2D eigenvalue weighted by molar-refractivity contribution is 7.92. The first kappa shape index (κ1) is 13.6. The first-order chi connectivity index (χ1) is 8.64. The minimum atomic E-state index is -3.15. The Morgan fingerprint density at radius 1 is 1.22 bits per heavy atom. The molecule has 0 aliphatic heterocycles. The molecule has 1 N–H and O–H groups in total. The van der Waals surface area contributed by atoms with Crippen molar-refractivity contribution in [1.29, 1.82) is 0 Å². The third-order valence-electron chi connectivity index (χ3n) is 3.63. The summed E-state index contributed by atoms with van der Waals surface area (Å²) in [5, 5.41) is 3.15. The Morgan fingerprint density at radius 2 is 1.94 bits per heavy atom. The average molecular weight is 267 g/mol. The predicted octanol–water partition coefficient (Wildman–Crippen LogP) is 2.38. The molecule has 1 aromatic carbocycles. The zero-order valence-corrected chi connectivity index (χ0v) is 11.6. The molecule has 3 nitrogen and oxygen atoms in total. The van der Waals surface area contributed by atoms with E-state index in [4.69, 9.17) is 0 Å². The summed E-state index contributed by atoms with van der Waals surface area (Å²) in [6, 6.07) is 9.18. The Hall–Kier alpha value is -0.870. The molecular formula is C14H21NO2S. The quantitative estimate of drug-likeness (QED) is 0.911. The van der Waals surface area contributed by atoms with E-state index >= 15 is 0 Å². The van der Waals surface area contributed by atoms with E-state index in [-0.39, 0.29) is 5.25 Å². The molecule has 18 heavy (non-hydrogen) atoms. The van der Waals surface area contributed by atoms with Gasteiger partial charge in [-0.1, -0.05) is 31.5 Å². The van der Waals surface area contributed by atoms with Crippen LogP contribution in [0.5, 0.6) is 0 Å². The van der Waals surface area contributed by atoms with Gasteiger partial charge in [-0.25, -0.2) is 8.42 Å². The minimum Gasteiger partial charge on any atom is -0.314 e. The van der Waals surface area contributed by atoms with Gasteiger partial charge >= 0.3 is 0 Å². The monoisotopic (exact) mass is 267 g/mol. The van der Waals surface area contributed by atoms with Crippen molar-refractivity contribution in [2.75, 3.05) is 6.54 Å². The molecule has 0 spiro atoms. The highest BCUT2D eigenvalue weighted by Gasteiger charge is 2.32. The van der Waals surface area contributed by atoms with E-state index in [2.05, 4.69) is 12.2 Å². The fraction of sp³-hybridized carbons (Fsp3) is 0.571. The van der Waals surface area contributed by atoms with Crippen LogP contribution in [0.25, 0.3) is 0 Å². The van der Waals surface area contributed by atoms with Gasteiger partial charge in [0.25, 0.3) is 0 Å². The molecule has 0 saturated heterocycles. The van der Waals surface area contributed by atoms with Crippen molar-refractivity contribution in [3.8, 4) is 0 Å². The van der Waals surface area contributed by atoms with E-state index in [9.17, 15) is 8.42 Å². The highest BCUT2D eigenvalue weighted by Crippen LogP contribution is 2.28. The molecule has 0 bridgehead atoms. The Bertz CT molecular complexity index is 468. The van der Waals surface area contributed by atoms with Gasteiger partial charge in [0, 0.05) is 6.04 Å². The average Bonchev–Trinajstić information content (AvgIpc) is 2.40. The van der Waals surface area contributed by atoms with E-state index in [1.807, 2.05) is 6.07 Å². The fourth-order valence-corrected chi connectivity index (χ4v) is 4.59. The SMILES string of the molecule is CCNC1CCCC(S(=O)(=O)c2ccccc2)C1. The molecule has 0 radical (unpaired) electrons. The van der Waals surface area contributed by atoms with Gasteiger partial charge in [0.15, 0.2) is 9.84 Å². The summed E-state index contributed by atoms with van der Waals surface area (Å²) in [6.07, 6.45) is 3.62. The molecule has 1 aromatic rings. The third-order valence-corrected chi connectivity index (χ3v) is 5.86. The first-order valence-corrected chi connectivity index (χ1v) is 8.21. The Morgan fingerprint density at radius 3 is 2.61 bits per heavy atom. The van der Waals surface area contributed by atoms with Gasteiger partial charge in [-0.05, 0) is 37.9 Å². The van der Waals surface area contributed by atoms with E-state index in [0.717, 1.165) is 32.2 Å². The summed E-state index contributed by atoms with van der Waals surface area (Å²) < 4.78 is 25.0. The van der Waals surface area contributed by atoms with Crippen LogP contribution in [0.3, 0.4) is 0 Å². The molecular weight excluding hydrogens is 246 g/mol. The van der Waals surface area contributed by atoms with E-state index < -0.39 is 9.84 Å². The van der Waals surface area contributed by atoms with Crippen LogP contribution in [-0.2, 0) is 9.84 Å². The molecule has 0 aromatic heterocycles. The van der Waals surface area contributed by atoms with Gasteiger partial charge in [-0.2, -0.15) is 0 Å². The molecule has 1 aliphatic carbocycles. The lowest BCUT2D eigenvalue weighted by molar-refractivity contribution is 0.377. The topological polar surface area (TPSA) is 46.2 Å². The summed E-state index contributed by atoms with van der Waals surface area (Å²) in [6.45, 7) is 2.97. The van der Waals surface area contributed by atoms with E-state index in [1.54, 1.807) is 24.3 Å². The van der Waals surface area contributed by atoms with Crippen LogP contribution in [0.2, 0.25) is 0 Å².